The SMILES string of the molecule is CC.CC(=O)CCc1ccc(O)cc1.CCCCCC(CCC)c1cccc(CNC)c1. The smallest absolute Gasteiger partial charge is 0.130 e. The molecular weight excluding hydrogens is 394 g/mol. The van der Waals surface area contributed by atoms with Crippen LogP contribution in [0.5, 0.6) is 5.75 Å². The Morgan fingerprint density at radius 2 is 1.62 bits per heavy atom. The van der Waals surface area contributed by atoms with Crippen LogP contribution in [0, 0.1) is 0 Å². The summed E-state index contributed by atoms with van der Waals surface area (Å²) in [6.45, 7) is 11.1. The Kier molecular flexibility index (Phi) is 18.2. The summed E-state index contributed by atoms with van der Waals surface area (Å²) in [6.07, 6.45) is 9.36. The van der Waals surface area contributed by atoms with Gasteiger partial charge in [0.2, 0.25) is 0 Å². The third-order valence-corrected chi connectivity index (χ3v) is 5.30. The first-order valence-corrected chi connectivity index (χ1v) is 12.5. The van der Waals surface area contributed by atoms with Crippen LogP contribution < -0.4 is 5.32 Å². The third kappa shape index (κ3) is 14.0. The molecular formula is C29H47NO2. The minimum Gasteiger partial charge on any atom is -0.508 e. The minimum absolute atomic E-state index is 0.197. The molecule has 0 saturated carbocycles. The maximum absolute atomic E-state index is 10.6. The van der Waals surface area contributed by atoms with Crippen molar-refractivity contribution in [1.82, 2.24) is 5.32 Å². The van der Waals surface area contributed by atoms with Gasteiger partial charge in [-0.2, -0.15) is 0 Å². The largest absolute Gasteiger partial charge is 0.508 e. The summed E-state index contributed by atoms with van der Waals surface area (Å²) >= 11 is 0. The van der Waals surface area contributed by atoms with Gasteiger partial charge in [0.15, 0.2) is 0 Å². The van der Waals surface area contributed by atoms with E-state index in [2.05, 4.69) is 43.4 Å². The van der Waals surface area contributed by atoms with Crippen molar-refractivity contribution in [2.24, 2.45) is 0 Å². The molecule has 2 N–H and O–H groups in total. The van der Waals surface area contributed by atoms with Gasteiger partial charge in [0, 0.05) is 13.0 Å². The molecule has 3 nitrogen and oxygen atoms in total. The second kappa shape index (κ2) is 19.5. The molecule has 180 valence electrons. The number of hydrogen-bond acceptors (Lipinski definition) is 3. The van der Waals surface area contributed by atoms with Gasteiger partial charge in [-0.1, -0.05) is 89.8 Å². The number of Topliss-reactive ketones (excluding diaryl/α,β-unsaturated/α-hetero) is 1. The fraction of sp³-hybridized carbons (Fsp3) is 0.552. The highest BCUT2D eigenvalue weighted by molar-refractivity contribution is 5.75. The van der Waals surface area contributed by atoms with Crippen LogP contribution in [0.25, 0.3) is 0 Å². The normalized spacial score (nSPS) is 10.9. The number of phenols is 1. The number of nitrogens with one attached hydrogen (secondary N) is 1. The average Bonchev–Trinajstić information content (AvgIpc) is 2.80. The Bertz CT molecular complexity index is 709. The number of carbonyl (C=O) groups excluding carboxylic acids is 1. The zero-order valence-electron chi connectivity index (χ0n) is 21.4. The van der Waals surface area contributed by atoms with Gasteiger partial charge < -0.3 is 15.2 Å². The van der Waals surface area contributed by atoms with Gasteiger partial charge in [0.1, 0.15) is 11.5 Å². The number of hydrogen-bond donors (Lipinski definition) is 2. The maximum Gasteiger partial charge on any atom is 0.130 e. The van der Waals surface area contributed by atoms with Crippen molar-refractivity contribution in [2.75, 3.05) is 7.05 Å². The number of benzene rings is 2. The number of aromatic hydroxyl groups is 1. The van der Waals surface area contributed by atoms with Crippen molar-refractivity contribution < 1.29 is 9.90 Å². The lowest BCUT2D eigenvalue weighted by molar-refractivity contribution is -0.116. The van der Waals surface area contributed by atoms with Crippen LogP contribution in [0.1, 0.15) is 102 Å². The van der Waals surface area contributed by atoms with E-state index >= 15 is 0 Å². The summed E-state index contributed by atoms with van der Waals surface area (Å²) in [5.41, 5.74) is 4.04. The van der Waals surface area contributed by atoms with Gasteiger partial charge in [0.05, 0.1) is 0 Å². The predicted molar refractivity (Wildman–Crippen MR) is 139 cm³/mol. The van der Waals surface area contributed by atoms with E-state index in [9.17, 15) is 4.79 Å². The van der Waals surface area contributed by atoms with Gasteiger partial charge >= 0.3 is 0 Å². The Hall–Kier alpha value is -2.13. The standard InChI is InChI=1S/C17H29N.C10H12O2.C2H6/c1-4-6-7-11-16(9-5-2)17-12-8-10-15(13-17)14-18-3;1-8(11)2-3-9-4-6-10(12)7-5-9;1-2/h8,10,12-13,16,18H,4-7,9,11,14H2,1-3H3;4-7,12H,2-3H2,1H3;1-2H3. The van der Waals surface area contributed by atoms with Crippen LogP contribution in [0.15, 0.2) is 48.5 Å². The Morgan fingerprint density at radius 1 is 0.938 bits per heavy atom. The molecule has 0 saturated heterocycles. The summed E-state index contributed by atoms with van der Waals surface area (Å²) in [5, 5.41) is 12.2. The fourth-order valence-electron chi connectivity index (χ4n) is 3.61. The van der Waals surface area contributed by atoms with Crippen molar-refractivity contribution in [3.05, 3.63) is 65.2 Å². The van der Waals surface area contributed by atoms with E-state index in [0.29, 0.717) is 6.42 Å². The van der Waals surface area contributed by atoms with E-state index in [1.165, 1.54) is 44.1 Å². The van der Waals surface area contributed by atoms with Crippen molar-refractivity contribution in [3.63, 3.8) is 0 Å². The fourth-order valence-corrected chi connectivity index (χ4v) is 3.61. The lowest BCUT2D eigenvalue weighted by Gasteiger charge is -2.17. The lowest BCUT2D eigenvalue weighted by Crippen LogP contribution is -2.06. The summed E-state index contributed by atoms with van der Waals surface area (Å²) in [5.74, 6) is 1.23. The number of rotatable bonds is 12. The molecule has 0 aliphatic carbocycles. The van der Waals surface area contributed by atoms with E-state index in [-0.39, 0.29) is 11.5 Å². The number of aryl methyl sites for hydroxylation is 1. The molecule has 3 heteroatoms. The van der Waals surface area contributed by atoms with Crippen LogP contribution in [-0.2, 0) is 17.8 Å². The molecule has 2 rings (SSSR count). The van der Waals surface area contributed by atoms with Crippen LogP contribution >= 0.6 is 0 Å². The van der Waals surface area contributed by atoms with E-state index in [1.807, 2.05) is 33.0 Å². The molecule has 0 radical (unpaired) electrons. The number of carbonyl (C=O) groups is 1. The van der Waals surface area contributed by atoms with Gasteiger partial charge in [-0.05, 0) is 68.0 Å². The van der Waals surface area contributed by atoms with Crippen LogP contribution in [0.4, 0.5) is 0 Å². The number of ketones is 1. The van der Waals surface area contributed by atoms with E-state index in [0.717, 1.165) is 24.4 Å². The predicted octanol–water partition coefficient (Wildman–Crippen LogP) is 7.81. The minimum atomic E-state index is 0.197. The highest BCUT2D eigenvalue weighted by Crippen LogP contribution is 2.27. The first-order chi connectivity index (χ1) is 15.5. The van der Waals surface area contributed by atoms with Crippen molar-refractivity contribution in [1.29, 1.82) is 0 Å². The molecule has 32 heavy (non-hydrogen) atoms. The van der Waals surface area contributed by atoms with Crippen molar-refractivity contribution in [2.45, 2.75) is 98.4 Å². The molecule has 0 heterocycles. The van der Waals surface area contributed by atoms with Crippen LogP contribution in [-0.4, -0.2) is 17.9 Å². The molecule has 2 aromatic carbocycles. The summed E-state index contributed by atoms with van der Waals surface area (Å²) in [6, 6.07) is 16.1. The lowest BCUT2D eigenvalue weighted by atomic mass is 9.88. The quantitative estimate of drug-likeness (QED) is 0.330. The van der Waals surface area contributed by atoms with Gasteiger partial charge in [0.25, 0.3) is 0 Å². The first kappa shape index (κ1) is 29.9. The first-order valence-electron chi connectivity index (χ1n) is 12.5. The highest BCUT2D eigenvalue weighted by atomic mass is 16.3. The summed E-state index contributed by atoms with van der Waals surface area (Å²) in [4.78, 5) is 10.6. The molecule has 0 aliphatic heterocycles. The topological polar surface area (TPSA) is 49.3 Å². The molecule has 0 amide bonds. The maximum atomic E-state index is 10.6. The average molecular weight is 442 g/mol. The zero-order chi connectivity index (χ0) is 24.2. The third-order valence-electron chi connectivity index (χ3n) is 5.30. The van der Waals surface area contributed by atoms with E-state index in [1.54, 1.807) is 24.6 Å². The molecule has 0 aliphatic rings. The molecule has 0 bridgehead atoms. The molecule has 1 atom stereocenters. The molecule has 0 spiro atoms. The zero-order valence-corrected chi connectivity index (χ0v) is 21.4. The van der Waals surface area contributed by atoms with Crippen LogP contribution in [0.3, 0.4) is 0 Å². The monoisotopic (exact) mass is 441 g/mol. The molecule has 0 fully saturated rings. The van der Waals surface area contributed by atoms with Gasteiger partial charge in [-0.3, -0.25) is 0 Å². The van der Waals surface area contributed by atoms with E-state index in [4.69, 9.17) is 5.11 Å². The Balaban J connectivity index is 0.000000595. The molecule has 2 aromatic rings. The van der Waals surface area contributed by atoms with Crippen molar-refractivity contribution in [3.8, 4) is 5.75 Å². The summed E-state index contributed by atoms with van der Waals surface area (Å²) in [7, 11) is 2.01. The number of phenolic OH excluding ortho intramolecular Hbond substituents is 1. The Labute approximate surface area is 197 Å². The molecule has 1 unspecified atom stereocenters. The van der Waals surface area contributed by atoms with Gasteiger partial charge in [-0.15, -0.1) is 0 Å². The second-order valence-electron chi connectivity index (χ2n) is 8.13. The van der Waals surface area contributed by atoms with Crippen molar-refractivity contribution >= 4 is 5.78 Å². The van der Waals surface area contributed by atoms with E-state index < -0.39 is 0 Å². The Morgan fingerprint density at radius 3 is 2.19 bits per heavy atom. The molecule has 0 aromatic heterocycles. The van der Waals surface area contributed by atoms with Crippen LogP contribution in [0.2, 0.25) is 0 Å². The highest BCUT2D eigenvalue weighted by Gasteiger charge is 2.10. The number of unbranched alkanes of at least 4 members (excludes halogenated alkanes) is 2. The summed E-state index contributed by atoms with van der Waals surface area (Å²) < 4.78 is 0. The van der Waals surface area contributed by atoms with Gasteiger partial charge in [-0.25, -0.2) is 0 Å². The second-order valence-corrected chi connectivity index (χ2v) is 8.13.